The van der Waals surface area contributed by atoms with Crippen molar-refractivity contribution in [3.05, 3.63) is 28.8 Å². The van der Waals surface area contributed by atoms with E-state index in [0.717, 1.165) is 0 Å². The zero-order valence-corrected chi connectivity index (χ0v) is 11.0. The van der Waals surface area contributed by atoms with E-state index in [-0.39, 0.29) is 5.41 Å². The molecule has 0 saturated carbocycles. The van der Waals surface area contributed by atoms with E-state index in [9.17, 15) is 0 Å². The summed E-state index contributed by atoms with van der Waals surface area (Å²) in [5.74, 6) is 0. The van der Waals surface area contributed by atoms with E-state index in [1.54, 1.807) is 0 Å². The van der Waals surface area contributed by atoms with Gasteiger partial charge in [0.25, 0.3) is 0 Å². The van der Waals surface area contributed by atoms with Crippen LogP contribution in [0.4, 0.5) is 0 Å². The number of aryl methyl sites for hydroxylation is 1. The Labute approximate surface area is 89.6 Å². The van der Waals surface area contributed by atoms with E-state index >= 15 is 0 Å². The molecule has 0 spiro atoms. The van der Waals surface area contributed by atoms with Crippen LogP contribution in [-0.4, -0.2) is 16.0 Å². The molecule has 13 heavy (non-hydrogen) atoms. The molecule has 1 aromatic rings. The monoisotopic (exact) mass is 242 g/mol. The van der Waals surface area contributed by atoms with E-state index in [2.05, 4.69) is 62.8 Å². The molecular formula is C12H18Se. The molecule has 0 heterocycles. The van der Waals surface area contributed by atoms with Gasteiger partial charge in [-0.15, -0.1) is 0 Å². The van der Waals surface area contributed by atoms with Crippen LogP contribution in [0.1, 0.15) is 37.5 Å². The number of hydrogen-bond acceptors (Lipinski definition) is 0. The molecule has 0 fully saturated rings. The Morgan fingerprint density at radius 1 is 1.08 bits per heavy atom. The third kappa shape index (κ3) is 2.15. The normalized spacial score (nSPS) is 11.8. The molecule has 0 N–H and O–H groups in total. The summed E-state index contributed by atoms with van der Waals surface area (Å²) < 4.78 is 1.35. The Kier molecular flexibility index (Phi) is 2.89. The van der Waals surface area contributed by atoms with Crippen LogP contribution in [0.2, 0.25) is 0 Å². The molecule has 0 aromatic heterocycles. The summed E-state index contributed by atoms with van der Waals surface area (Å²) in [5, 5.41) is 0. The first-order valence-corrected chi connectivity index (χ1v) is 5.57. The van der Waals surface area contributed by atoms with Gasteiger partial charge in [0.1, 0.15) is 0 Å². The molecule has 0 amide bonds. The zero-order chi connectivity index (χ0) is 10.2. The average Bonchev–Trinajstić information content (AvgIpc) is 1.95. The Morgan fingerprint density at radius 2 is 1.62 bits per heavy atom. The molecule has 0 unspecified atom stereocenters. The molecule has 0 aliphatic carbocycles. The van der Waals surface area contributed by atoms with Crippen molar-refractivity contribution < 1.29 is 0 Å². The van der Waals surface area contributed by atoms with E-state index < -0.39 is 0 Å². The van der Waals surface area contributed by atoms with Crippen LogP contribution < -0.4 is 4.46 Å². The molecule has 0 radical (unpaired) electrons. The fourth-order valence-electron chi connectivity index (χ4n) is 1.75. The molecule has 0 saturated heterocycles. The van der Waals surface area contributed by atoms with Crippen molar-refractivity contribution in [1.82, 2.24) is 0 Å². The summed E-state index contributed by atoms with van der Waals surface area (Å²) in [6, 6.07) is 4.39. The van der Waals surface area contributed by atoms with Crippen molar-refractivity contribution in [3.8, 4) is 0 Å². The van der Waals surface area contributed by atoms with Gasteiger partial charge in [-0.3, -0.25) is 0 Å². The standard InChI is InChI=1S/C12H18Se/c1-8-6-7-10(13)11(9(8)2)12(3,4)5/h6-7,13H,1-5H3. The third-order valence-corrected chi connectivity index (χ3v) is 3.25. The van der Waals surface area contributed by atoms with Crippen molar-refractivity contribution in [2.45, 2.75) is 40.0 Å². The summed E-state index contributed by atoms with van der Waals surface area (Å²) in [4.78, 5) is 0. The summed E-state index contributed by atoms with van der Waals surface area (Å²) in [6.45, 7) is 11.2. The van der Waals surface area contributed by atoms with Crippen LogP contribution in [0.15, 0.2) is 12.1 Å². The Bertz CT molecular complexity index is 319. The first-order chi connectivity index (χ1) is 5.84. The van der Waals surface area contributed by atoms with E-state index in [4.69, 9.17) is 0 Å². The molecule has 0 aliphatic heterocycles. The van der Waals surface area contributed by atoms with Gasteiger partial charge < -0.3 is 0 Å². The second kappa shape index (κ2) is 3.47. The summed E-state index contributed by atoms with van der Waals surface area (Å²) in [7, 11) is 0. The van der Waals surface area contributed by atoms with Gasteiger partial charge in [0.2, 0.25) is 0 Å². The second-order valence-electron chi connectivity index (χ2n) is 4.65. The predicted molar refractivity (Wildman–Crippen MR) is 61.4 cm³/mol. The molecule has 72 valence electrons. The molecule has 0 nitrogen and oxygen atoms in total. The van der Waals surface area contributed by atoms with Gasteiger partial charge in [-0.25, -0.2) is 0 Å². The van der Waals surface area contributed by atoms with Gasteiger partial charge in [0, 0.05) is 0 Å². The van der Waals surface area contributed by atoms with Crippen LogP contribution in [0.3, 0.4) is 0 Å². The topological polar surface area (TPSA) is 0 Å². The molecular weight excluding hydrogens is 223 g/mol. The van der Waals surface area contributed by atoms with Crippen LogP contribution in [0.25, 0.3) is 0 Å². The minimum absolute atomic E-state index is 0.248. The average molecular weight is 241 g/mol. The van der Waals surface area contributed by atoms with Gasteiger partial charge in [0.15, 0.2) is 0 Å². The second-order valence-corrected chi connectivity index (χ2v) is 5.66. The first-order valence-electron chi connectivity index (χ1n) is 4.63. The van der Waals surface area contributed by atoms with Crippen molar-refractivity contribution in [2.24, 2.45) is 0 Å². The maximum atomic E-state index is 2.67. The number of rotatable bonds is 0. The predicted octanol–water partition coefficient (Wildman–Crippen LogP) is 2.13. The zero-order valence-electron chi connectivity index (χ0n) is 9.10. The minimum atomic E-state index is 0.248. The molecule has 0 aliphatic rings. The van der Waals surface area contributed by atoms with Crippen LogP contribution >= 0.6 is 0 Å². The van der Waals surface area contributed by atoms with Gasteiger partial charge in [-0.05, 0) is 0 Å². The van der Waals surface area contributed by atoms with E-state index in [1.165, 1.54) is 21.2 Å². The van der Waals surface area contributed by atoms with Gasteiger partial charge >= 0.3 is 89.3 Å². The first kappa shape index (κ1) is 10.8. The van der Waals surface area contributed by atoms with Crippen LogP contribution in [-0.2, 0) is 5.41 Å². The quantitative estimate of drug-likeness (QED) is 0.610. The van der Waals surface area contributed by atoms with E-state index in [1.807, 2.05) is 0 Å². The van der Waals surface area contributed by atoms with Crippen LogP contribution in [0.5, 0.6) is 0 Å². The number of hydrogen-bond donors (Lipinski definition) is 0. The maximum absolute atomic E-state index is 2.67. The van der Waals surface area contributed by atoms with Gasteiger partial charge in [-0.1, -0.05) is 0 Å². The van der Waals surface area contributed by atoms with Crippen molar-refractivity contribution >= 4 is 20.5 Å². The Balaban J connectivity index is 3.43. The fraction of sp³-hybridized carbons (Fsp3) is 0.500. The molecule has 0 bridgehead atoms. The van der Waals surface area contributed by atoms with E-state index in [0.29, 0.717) is 0 Å². The van der Waals surface area contributed by atoms with Crippen molar-refractivity contribution in [1.29, 1.82) is 0 Å². The Hall–Kier alpha value is -0.261. The van der Waals surface area contributed by atoms with Gasteiger partial charge in [0.05, 0.1) is 0 Å². The molecule has 1 heteroatoms. The summed E-state index contributed by atoms with van der Waals surface area (Å²) >= 11 is 2.67. The summed E-state index contributed by atoms with van der Waals surface area (Å²) in [5.41, 5.74) is 4.55. The fourth-order valence-corrected chi connectivity index (χ4v) is 2.96. The summed E-state index contributed by atoms with van der Waals surface area (Å²) in [6.07, 6.45) is 0. The van der Waals surface area contributed by atoms with Crippen molar-refractivity contribution in [3.63, 3.8) is 0 Å². The van der Waals surface area contributed by atoms with Crippen molar-refractivity contribution in [2.75, 3.05) is 0 Å². The Morgan fingerprint density at radius 3 is 2.00 bits per heavy atom. The molecule has 1 aromatic carbocycles. The SMILES string of the molecule is Cc1ccc([SeH])c(C(C)(C)C)c1C. The van der Waals surface area contributed by atoms with Gasteiger partial charge in [-0.2, -0.15) is 0 Å². The molecule has 1 rings (SSSR count). The number of benzene rings is 1. The molecule has 0 atom stereocenters. The van der Waals surface area contributed by atoms with Crippen LogP contribution in [0, 0.1) is 13.8 Å². The third-order valence-electron chi connectivity index (χ3n) is 2.46.